The molecule has 2 aliphatic carbocycles. The van der Waals surface area contributed by atoms with Gasteiger partial charge in [0.25, 0.3) is 0 Å². The molecule has 0 bridgehead atoms. The summed E-state index contributed by atoms with van der Waals surface area (Å²) in [6.45, 7) is 9.93. The van der Waals surface area contributed by atoms with Gasteiger partial charge in [0.05, 0.1) is 26.4 Å². The zero-order chi connectivity index (χ0) is 26.6. The molecule has 3 aliphatic rings. The van der Waals surface area contributed by atoms with E-state index in [1.807, 2.05) is 0 Å². The normalized spacial score (nSPS) is 31.6. The fraction of sp³-hybridized carbons (Fsp3) is 0.926. The first-order chi connectivity index (χ1) is 18.0. The highest BCUT2D eigenvalue weighted by Crippen LogP contribution is 2.34. The minimum absolute atomic E-state index is 0.106. The van der Waals surface area contributed by atoms with E-state index in [1.165, 1.54) is 7.11 Å². The molecule has 3 rings (SSSR count). The molecular weight excluding hydrogens is 474 g/mol. The van der Waals surface area contributed by atoms with Crippen molar-refractivity contribution in [1.29, 1.82) is 0 Å². The van der Waals surface area contributed by atoms with Crippen molar-refractivity contribution in [2.24, 2.45) is 17.8 Å². The van der Waals surface area contributed by atoms with Crippen LogP contribution in [0.3, 0.4) is 0 Å². The van der Waals surface area contributed by atoms with Crippen molar-refractivity contribution in [3.05, 3.63) is 0 Å². The molecule has 0 spiro atoms. The van der Waals surface area contributed by atoms with Crippen LogP contribution in [0, 0.1) is 17.8 Å². The fourth-order valence-corrected chi connectivity index (χ4v) is 6.12. The third kappa shape index (κ3) is 9.44. The molecule has 5 N–H and O–H groups in total. The summed E-state index contributed by atoms with van der Waals surface area (Å²) in [5, 5.41) is 23.1. The van der Waals surface area contributed by atoms with Gasteiger partial charge in [0, 0.05) is 31.6 Å². The lowest BCUT2D eigenvalue weighted by atomic mass is 9.75. The molecule has 0 aromatic rings. The van der Waals surface area contributed by atoms with Crippen LogP contribution in [0.2, 0.25) is 0 Å². The zero-order valence-electron chi connectivity index (χ0n) is 23.2. The number of nitrogens with one attached hydrogen (secondary N) is 4. The number of ether oxygens (including phenoxy) is 2. The van der Waals surface area contributed by atoms with Crippen molar-refractivity contribution in [3.8, 4) is 0 Å². The van der Waals surface area contributed by atoms with Crippen LogP contribution in [0.15, 0.2) is 0 Å². The van der Waals surface area contributed by atoms with E-state index in [2.05, 4.69) is 44.8 Å². The van der Waals surface area contributed by atoms with Crippen LogP contribution in [0.1, 0.15) is 65.2 Å². The molecule has 1 unspecified atom stereocenters. The Hall–Kier alpha value is -1.30. The molecule has 1 amide bonds. The molecule has 1 aliphatic heterocycles. The largest absolute Gasteiger partial charge is 0.467 e. The lowest BCUT2D eigenvalue weighted by molar-refractivity contribution is -0.147. The van der Waals surface area contributed by atoms with Crippen molar-refractivity contribution in [2.45, 2.75) is 89.7 Å². The summed E-state index contributed by atoms with van der Waals surface area (Å²) in [7, 11) is 1.25. The number of esters is 1. The third-order valence-electron chi connectivity index (χ3n) is 8.69. The van der Waals surface area contributed by atoms with Crippen LogP contribution >= 0.6 is 0 Å². The number of hydrogen-bond acceptors (Lipinski definition) is 9. The number of nitrogens with zero attached hydrogens (tertiary/aromatic N) is 1. The second-order valence-electron chi connectivity index (χ2n) is 10.9. The standard InChI is InChI=1S/C27H51N5O5/c1-4-32(5-2)14-15-37-23-12-10-22(11-13-23)30-27-28-16-21(17-29-27)19-6-8-20(9-7-19)25(34)31-24(18-33)26(35)36-3/h19-24,27-30,33H,4-18H2,1-3H3,(H,31,34). The first kappa shape index (κ1) is 30.2. The number of methoxy groups -OCH3 is 1. The summed E-state index contributed by atoms with van der Waals surface area (Å²) < 4.78 is 10.8. The van der Waals surface area contributed by atoms with Gasteiger partial charge in [-0.1, -0.05) is 13.8 Å². The molecule has 1 atom stereocenters. The average Bonchev–Trinajstić information content (AvgIpc) is 2.95. The molecular formula is C27H51N5O5. The number of rotatable bonds is 13. The highest BCUT2D eigenvalue weighted by atomic mass is 16.5. The summed E-state index contributed by atoms with van der Waals surface area (Å²) in [6.07, 6.45) is 8.74. The maximum absolute atomic E-state index is 12.6. The SMILES string of the molecule is CCN(CC)CCOC1CCC(NC2NCC(C3CCC(C(=O)NC(CO)C(=O)OC)CC3)CN2)CC1. The Morgan fingerprint density at radius 1 is 0.973 bits per heavy atom. The highest BCUT2D eigenvalue weighted by Gasteiger charge is 2.34. The molecule has 37 heavy (non-hydrogen) atoms. The Morgan fingerprint density at radius 2 is 1.62 bits per heavy atom. The molecule has 214 valence electrons. The first-order valence-corrected chi connectivity index (χ1v) is 14.5. The quantitative estimate of drug-likeness (QED) is 0.222. The predicted molar refractivity (Wildman–Crippen MR) is 143 cm³/mol. The molecule has 2 saturated carbocycles. The van der Waals surface area contributed by atoms with Gasteiger partial charge in [-0.3, -0.25) is 20.7 Å². The lowest BCUT2D eigenvalue weighted by Crippen LogP contribution is -2.63. The van der Waals surface area contributed by atoms with Crippen molar-refractivity contribution >= 4 is 11.9 Å². The van der Waals surface area contributed by atoms with Gasteiger partial charge in [-0.2, -0.15) is 0 Å². The van der Waals surface area contributed by atoms with Gasteiger partial charge in [-0.25, -0.2) is 4.79 Å². The summed E-state index contributed by atoms with van der Waals surface area (Å²) in [6, 6.07) is -0.461. The van der Waals surface area contributed by atoms with Gasteiger partial charge in [0.2, 0.25) is 5.91 Å². The van der Waals surface area contributed by atoms with E-state index in [9.17, 15) is 14.7 Å². The topological polar surface area (TPSA) is 124 Å². The van der Waals surface area contributed by atoms with E-state index in [1.54, 1.807) is 0 Å². The van der Waals surface area contributed by atoms with Crippen molar-refractivity contribution in [2.75, 3.05) is 53.0 Å². The number of aliphatic hydroxyl groups excluding tert-OH is 1. The number of aliphatic hydroxyl groups is 1. The van der Waals surface area contributed by atoms with Gasteiger partial charge in [-0.05, 0) is 76.3 Å². The Balaban J connectivity index is 1.28. The lowest BCUT2D eigenvalue weighted by Gasteiger charge is -2.40. The van der Waals surface area contributed by atoms with Gasteiger partial charge < -0.3 is 24.8 Å². The van der Waals surface area contributed by atoms with E-state index in [0.717, 1.165) is 90.7 Å². The highest BCUT2D eigenvalue weighted by molar-refractivity contribution is 5.85. The summed E-state index contributed by atoms with van der Waals surface area (Å²) >= 11 is 0. The smallest absolute Gasteiger partial charge is 0.330 e. The second-order valence-corrected chi connectivity index (χ2v) is 10.9. The molecule has 0 aromatic heterocycles. The van der Waals surface area contributed by atoms with Crippen LogP contribution < -0.4 is 21.3 Å². The molecule has 10 nitrogen and oxygen atoms in total. The van der Waals surface area contributed by atoms with Gasteiger partial charge >= 0.3 is 5.97 Å². The number of likely N-dealkylation sites (N-methyl/N-ethyl adjacent to an activating group) is 1. The van der Waals surface area contributed by atoms with Crippen molar-refractivity contribution in [3.63, 3.8) is 0 Å². The van der Waals surface area contributed by atoms with E-state index in [4.69, 9.17) is 4.74 Å². The molecule has 10 heteroatoms. The van der Waals surface area contributed by atoms with Crippen LogP contribution in [0.5, 0.6) is 0 Å². The maximum atomic E-state index is 12.6. The van der Waals surface area contributed by atoms with E-state index in [-0.39, 0.29) is 18.1 Å². The van der Waals surface area contributed by atoms with Crippen LogP contribution in [0.4, 0.5) is 0 Å². The Kier molecular flexibility index (Phi) is 13.0. The van der Waals surface area contributed by atoms with Crippen LogP contribution in [-0.2, 0) is 19.1 Å². The average molecular weight is 526 g/mol. The van der Waals surface area contributed by atoms with Crippen LogP contribution in [0.25, 0.3) is 0 Å². The minimum atomic E-state index is -0.980. The van der Waals surface area contributed by atoms with E-state index < -0.39 is 18.6 Å². The number of hydrogen-bond donors (Lipinski definition) is 5. The van der Waals surface area contributed by atoms with Gasteiger partial charge in [0.15, 0.2) is 6.04 Å². The molecule has 1 heterocycles. The van der Waals surface area contributed by atoms with Gasteiger partial charge in [-0.15, -0.1) is 0 Å². The third-order valence-corrected chi connectivity index (χ3v) is 8.69. The molecule has 1 saturated heterocycles. The maximum Gasteiger partial charge on any atom is 0.330 e. The molecule has 3 fully saturated rings. The summed E-state index contributed by atoms with van der Waals surface area (Å²) in [4.78, 5) is 26.6. The van der Waals surface area contributed by atoms with Crippen molar-refractivity contribution < 1.29 is 24.2 Å². The number of amides is 1. The first-order valence-electron chi connectivity index (χ1n) is 14.5. The zero-order valence-corrected chi connectivity index (χ0v) is 23.2. The van der Waals surface area contributed by atoms with E-state index >= 15 is 0 Å². The van der Waals surface area contributed by atoms with Gasteiger partial charge in [0.1, 0.15) is 6.29 Å². The predicted octanol–water partition coefficient (Wildman–Crippen LogP) is 0.795. The Morgan fingerprint density at radius 3 is 2.19 bits per heavy atom. The Bertz CT molecular complexity index is 670. The minimum Gasteiger partial charge on any atom is -0.467 e. The Labute approximate surface area is 223 Å². The fourth-order valence-electron chi connectivity index (χ4n) is 6.12. The number of carbonyl (C=O) groups is 2. The second kappa shape index (κ2) is 16.0. The van der Waals surface area contributed by atoms with Crippen LogP contribution in [-0.4, -0.2) is 99.4 Å². The molecule has 0 radical (unpaired) electrons. The molecule has 0 aromatic carbocycles. The van der Waals surface area contributed by atoms with E-state index in [0.29, 0.717) is 24.0 Å². The summed E-state index contributed by atoms with van der Waals surface area (Å²) in [5.41, 5.74) is 0. The summed E-state index contributed by atoms with van der Waals surface area (Å²) in [5.74, 6) is 0.265. The monoisotopic (exact) mass is 525 g/mol. The van der Waals surface area contributed by atoms with Crippen molar-refractivity contribution in [1.82, 2.24) is 26.2 Å². The number of carbonyl (C=O) groups excluding carboxylic acids is 2.